The van der Waals surface area contributed by atoms with Gasteiger partial charge in [0.05, 0.1) is 11.2 Å². The first-order valence-corrected chi connectivity index (χ1v) is 16.0. The zero-order chi connectivity index (χ0) is 35.3. The molecule has 0 fully saturated rings. The molecule has 3 aromatic carbocycles. The molecule has 0 saturated carbocycles. The van der Waals surface area contributed by atoms with Gasteiger partial charge in [-0.3, -0.25) is 4.98 Å². The van der Waals surface area contributed by atoms with E-state index in [1.165, 1.54) is 22.9 Å². The molecule has 1 unspecified atom stereocenters. The molecule has 0 spiro atoms. The van der Waals surface area contributed by atoms with Crippen molar-refractivity contribution in [2.45, 2.75) is 73.3 Å². The SMILES string of the molecule is C=C.C=CCN(C)c1ccc(C)cc1C.CC.CC.CNC(Cc1ccccc1)(c1cccc(C(C)(F)F)c1)c1ccc(C)cn1. The molecule has 0 aliphatic rings. The molecule has 4 aromatic rings. The maximum atomic E-state index is 14.0. The molecule has 250 valence electrons. The number of nitrogens with zero attached hydrogens (tertiary/aromatic N) is 2. The van der Waals surface area contributed by atoms with Gasteiger partial charge in [-0.25, -0.2) is 8.78 Å². The van der Waals surface area contributed by atoms with Gasteiger partial charge in [0, 0.05) is 44.4 Å². The molecule has 3 nitrogen and oxygen atoms in total. The third kappa shape index (κ3) is 12.4. The summed E-state index contributed by atoms with van der Waals surface area (Å²) < 4.78 is 27.9. The standard InChI is InChI=1S/C23H24F2N2.C12H17N.2C2H6.C2H4/c1-17-12-13-21(27-16-17)23(26-3,15-18-8-5-4-6-9-18)20-11-7-10-19(14-20)22(2,24)25;1-5-8-13(4)12-7-6-10(2)9-11(12)3;3*1-2/h4-14,16,26H,15H2,1-3H3;5-7,9H,1,8H2,2-4H3;2*1-2H3;1-2H2. The molecule has 4 rings (SSSR count). The van der Waals surface area contributed by atoms with Gasteiger partial charge in [-0.05, 0) is 68.3 Å². The number of halogens is 2. The van der Waals surface area contributed by atoms with Crippen LogP contribution in [0.15, 0.2) is 117 Å². The number of aryl methyl sites for hydroxylation is 3. The van der Waals surface area contributed by atoms with E-state index in [0.29, 0.717) is 6.42 Å². The van der Waals surface area contributed by atoms with Gasteiger partial charge in [-0.1, -0.05) is 106 Å². The van der Waals surface area contributed by atoms with Gasteiger partial charge in [0.2, 0.25) is 0 Å². The van der Waals surface area contributed by atoms with Crippen LogP contribution in [0.4, 0.5) is 14.5 Å². The molecule has 1 N–H and O–H groups in total. The molecule has 0 radical (unpaired) electrons. The highest BCUT2D eigenvalue weighted by Crippen LogP contribution is 2.35. The predicted octanol–water partition coefficient (Wildman–Crippen LogP) is 11.0. The monoisotopic (exact) mass is 629 g/mol. The van der Waals surface area contributed by atoms with Crippen LogP contribution in [0.2, 0.25) is 0 Å². The minimum Gasteiger partial charge on any atom is -0.371 e. The smallest absolute Gasteiger partial charge is 0.270 e. The molecule has 46 heavy (non-hydrogen) atoms. The van der Waals surface area contributed by atoms with Gasteiger partial charge in [-0.2, -0.15) is 0 Å². The quantitative estimate of drug-likeness (QED) is 0.187. The van der Waals surface area contributed by atoms with Crippen molar-refractivity contribution in [3.05, 3.63) is 156 Å². The number of anilines is 1. The second-order valence-corrected chi connectivity index (χ2v) is 10.5. The van der Waals surface area contributed by atoms with Gasteiger partial charge in [-0.15, -0.1) is 19.7 Å². The van der Waals surface area contributed by atoms with Gasteiger partial charge in [0.1, 0.15) is 0 Å². The van der Waals surface area contributed by atoms with Crippen LogP contribution in [-0.2, 0) is 17.9 Å². The third-order valence-corrected chi connectivity index (χ3v) is 7.12. The van der Waals surface area contributed by atoms with Gasteiger partial charge in [0.15, 0.2) is 0 Å². The topological polar surface area (TPSA) is 28.2 Å². The molecule has 1 aromatic heterocycles. The summed E-state index contributed by atoms with van der Waals surface area (Å²) in [6, 6.07) is 27.1. The molecular formula is C41H57F2N3. The van der Waals surface area contributed by atoms with Crippen LogP contribution in [-0.4, -0.2) is 25.6 Å². The Hall–Kier alpha value is -4.09. The Morgan fingerprint density at radius 1 is 0.804 bits per heavy atom. The van der Waals surface area contributed by atoms with Crippen molar-refractivity contribution in [3.8, 4) is 0 Å². The van der Waals surface area contributed by atoms with Crippen molar-refractivity contribution in [3.63, 3.8) is 0 Å². The van der Waals surface area contributed by atoms with Crippen LogP contribution in [0.1, 0.15) is 73.7 Å². The summed E-state index contributed by atoms with van der Waals surface area (Å²) in [5, 5.41) is 3.39. The number of hydrogen-bond donors (Lipinski definition) is 1. The second kappa shape index (κ2) is 21.6. The number of alkyl halides is 2. The number of rotatable bonds is 9. The number of likely N-dealkylation sites (N-methyl/N-ethyl adjacent to an activating group) is 2. The number of nitrogens with one attached hydrogen (secondary N) is 1. The van der Waals surface area contributed by atoms with Crippen molar-refractivity contribution in [2.75, 3.05) is 25.5 Å². The Morgan fingerprint density at radius 3 is 1.89 bits per heavy atom. The fourth-order valence-electron chi connectivity index (χ4n) is 4.91. The average molecular weight is 630 g/mol. The van der Waals surface area contributed by atoms with Crippen LogP contribution < -0.4 is 10.2 Å². The van der Waals surface area contributed by atoms with Crippen molar-refractivity contribution < 1.29 is 8.78 Å². The van der Waals surface area contributed by atoms with E-state index in [2.05, 4.69) is 74.0 Å². The third-order valence-electron chi connectivity index (χ3n) is 7.12. The van der Waals surface area contributed by atoms with Crippen LogP contribution in [0, 0.1) is 20.8 Å². The second-order valence-electron chi connectivity index (χ2n) is 10.5. The van der Waals surface area contributed by atoms with E-state index >= 15 is 0 Å². The number of pyridine rings is 1. The summed E-state index contributed by atoms with van der Waals surface area (Å²) in [6.07, 6.45) is 4.32. The van der Waals surface area contributed by atoms with Crippen molar-refractivity contribution in [2.24, 2.45) is 0 Å². The Balaban J connectivity index is 0.000000895. The van der Waals surface area contributed by atoms with Crippen LogP contribution in [0.5, 0.6) is 0 Å². The molecule has 1 atom stereocenters. The highest BCUT2D eigenvalue weighted by Gasteiger charge is 2.36. The Kier molecular flexibility index (Phi) is 19.7. The highest BCUT2D eigenvalue weighted by atomic mass is 19.3. The molecule has 0 saturated heterocycles. The Morgan fingerprint density at radius 2 is 1.39 bits per heavy atom. The molecule has 0 aliphatic carbocycles. The largest absolute Gasteiger partial charge is 0.371 e. The van der Waals surface area contributed by atoms with Crippen LogP contribution >= 0.6 is 0 Å². The molecular weight excluding hydrogens is 572 g/mol. The average Bonchev–Trinajstić information content (AvgIpc) is 3.07. The summed E-state index contributed by atoms with van der Waals surface area (Å²) in [7, 11) is 3.93. The first kappa shape index (κ1) is 41.9. The predicted molar refractivity (Wildman–Crippen MR) is 198 cm³/mol. The summed E-state index contributed by atoms with van der Waals surface area (Å²) in [5.41, 5.74) is 6.93. The zero-order valence-corrected chi connectivity index (χ0v) is 29.9. The van der Waals surface area contributed by atoms with E-state index in [-0.39, 0.29) is 5.56 Å². The van der Waals surface area contributed by atoms with E-state index in [0.717, 1.165) is 35.9 Å². The van der Waals surface area contributed by atoms with Crippen molar-refractivity contribution in [1.82, 2.24) is 10.3 Å². The number of benzene rings is 3. The Labute approximate surface area is 279 Å². The molecule has 0 bridgehead atoms. The number of aromatic nitrogens is 1. The van der Waals surface area contributed by atoms with E-state index < -0.39 is 11.5 Å². The minimum atomic E-state index is -2.90. The van der Waals surface area contributed by atoms with Gasteiger partial charge >= 0.3 is 0 Å². The zero-order valence-electron chi connectivity index (χ0n) is 29.9. The fourth-order valence-corrected chi connectivity index (χ4v) is 4.91. The van der Waals surface area contributed by atoms with E-state index in [9.17, 15) is 8.78 Å². The van der Waals surface area contributed by atoms with Gasteiger partial charge < -0.3 is 10.2 Å². The Bertz CT molecular complexity index is 1400. The molecule has 5 heteroatoms. The molecule has 1 heterocycles. The molecule has 0 aliphatic heterocycles. The van der Waals surface area contributed by atoms with Gasteiger partial charge in [0.25, 0.3) is 5.92 Å². The maximum absolute atomic E-state index is 14.0. The number of hydrogen-bond acceptors (Lipinski definition) is 3. The minimum absolute atomic E-state index is 0.000187. The summed E-state index contributed by atoms with van der Waals surface area (Å²) in [5.74, 6) is -2.90. The van der Waals surface area contributed by atoms with Crippen LogP contribution in [0.3, 0.4) is 0 Å². The van der Waals surface area contributed by atoms with E-state index in [4.69, 9.17) is 0 Å². The lowest BCUT2D eigenvalue weighted by atomic mass is 9.79. The maximum Gasteiger partial charge on any atom is 0.270 e. The summed E-state index contributed by atoms with van der Waals surface area (Å²) >= 11 is 0. The summed E-state index contributed by atoms with van der Waals surface area (Å²) in [6.45, 7) is 25.8. The first-order chi connectivity index (χ1) is 22.0. The normalized spacial score (nSPS) is 11.3. The van der Waals surface area contributed by atoms with Crippen LogP contribution in [0.25, 0.3) is 0 Å². The van der Waals surface area contributed by atoms with Crippen molar-refractivity contribution in [1.29, 1.82) is 0 Å². The fraction of sp³-hybridized carbons (Fsp3) is 0.341. The lowest BCUT2D eigenvalue weighted by molar-refractivity contribution is 0.0173. The summed E-state index contributed by atoms with van der Waals surface area (Å²) in [4.78, 5) is 6.83. The van der Waals surface area contributed by atoms with E-state index in [1.807, 2.05) is 102 Å². The van der Waals surface area contributed by atoms with E-state index in [1.54, 1.807) is 12.1 Å². The lowest BCUT2D eigenvalue weighted by Gasteiger charge is -2.35. The highest BCUT2D eigenvalue weighted by molar-refractivity contribution is 5.54. The lowest BCUT2D eigenvalue weighted by Crippen LogP contribution is -2.44. The van der Waals surface area contributed by atoms with Crippen molar-refractivity contribution >= 4 is 5.69 Å². The first-order valence-electron chi connectivity index (χ1n) is 16.0. The molecule has 0 amide bonds.